The summed E-state index contributed by atoms with van der Waals surface area (Å²) in [6.45, 7) is 6.63. The van der Waals surface area contributed by atoms with Gasteiger partial charge in [0.15, 0.2) is 6.54 Å². The highest BCUT2D eigenvalue weighted by Gasteiger charge is 2.24. The van der Waals surface area contributed by atoms with Crippen molar-refractivity contribution in [2.24, 2.45) is 5.92 Å². The molecule has 0 unspecified atom stereocenters. The second-order valence-electron chi connectivity index (χ2n) is 7.55. The van der Waals surface area contributed by atoms with Crippen molar-refractivity contribution in [3.05, 3.63) is 64.2 Å². The normalized spacial score (nSPS) is 20.0. The summed E-state index contributed by atoms with van der Waals surface area (Å²) in [6.07, 6.45) is 3.52. The fraction of sp³-hybridized carbons (Fsp3) is 0.409. The zero-order valence-corrected chi connectivity index (χ0v) is 16.4. The first-order valence-electron chi connectivity index (χ1n) is 9.45. The summed E-state index contributed by atoms with van der Waals surface area (Å²) in [4.78, 5) is 13.8. The monoisotopic (exact) mass is 371 g/mol. The number of aryl methyl sites for hydroxylation is 2. The van der Waals surface area contributed by atoms with Gasteiger partial charge in [0.1, 0.15) is 0 Å². The largest absolute Gasteiger partial charge is 0.327 e. The van der Waals surface area contributed by atoms with E-state index in [1.165, 1.54) is 23.3 Å². The van der Waals surface area contributed by atoms with Gasteiger partial charge in [-0.05, 0) is 61.8 Å². The quantitative estimate of drug-likeness (QED) is 0.829. The predicted molar refractivity (Wildman–Crippen MR) is 108 cm³/mol. The van der Waals surface area contributed by atoms with Gasteiger partial charge in [-0.25, -0.2) is 0 Å². The van der Waals surface area contributed by atoms with Gasteiger partial charge in [0, 0.05) is 0 Å². The van der Waals surface area contributed by atoms with Gasteiger partial charge < -0.3 is 10.2 Å². The van der Waals surface area contributed by atoms with Crippen LogP contribution in [0, 0.1) is 19.8 Å². The van der Waals surface area contributed by atoms with Crippen molar-refractivity contribution >= 4 is 23.2 Å². The van der Waals surface area contributed by atoms with Gasteiger partial charge in [-0.15, -0.1) is 0 Å². The van der Waals surface area contributed by atoms with Gasteiger partial charge in [-0.3, -0.25) is 4.79 Å². The van der Waals surface area contributed by atoms with Crippen molar-refractivity contribution < 1.29 is 9.69 Å². The summed E-state index contributed by atoms with van der Waals surface area (Å²) in [5, 5.41) is 3.63. The third-order valence-electron chi connectivity index (χ3n) is 5.29. The molecule has 3 nitrogen and oxygen atoms in total. The summed E-state index contributed by atoms with van der Waals surface area (Å²) < 4.78 is 0. The van der Waals surface area contributed by atoms with E-state index in [2.05, 4.69) is 35.6 Å². The van der Waals surface area contributed by atoms with Crippen LogP contribution >= 0.6 is 11.6 Å². The lowest BCUT2D eigenvalue weighted by Crippen LogP contribution is -3.14. The fourth-order valence-corrected chi connectivity index (χ4v) is 4.27. The number of benzene rings is 2. The number of anilines is 1. The molecule has 138 valence electrons. The van der Waals surface area contributed by atoms with Gasteiger partial charge >= 0.3 is 0 Å². The summed E-state index contributed by atoms with van der Waals surface area (Å²) in [7, 11) is 0. The maximum absolute atomic E-state index is 12.5. The van der Waals surface area contributed by atoms with Crippen molar-refractivity contribution in [3.63, 3.8) is 0 Å². The molecule has 0 atom stereocenters. The third kappa shape index (κ3) is 5.09. The molecule has 1 heterocycles. The Morgan fingerprint density at radius 3 is 2.50 bits per heavy atom. The summed E-state index contributed by atoms with van der Waals surface area (Å²) in [5.41, 5.74) is 4.29. The predicted octanol–water partition coefficient (Wildman–Crippen LogP) is 3.43. The molecule has 1 aliphatic heterocycles. The van der Waals surface area contributed by atoms with E-state index in [1.807, 2.05) is 26.0 Å². The van der Waals surface area contributed by atoms with Gasteiger partial charge in [0.05, 0.1) is 23.8 Å². The molecule has 2 N–H and O–H groups in total. The molecule has 2 aromatic carbocycles. The molecule has 1 aliphatic rings. The number of carbonyl (C=O) groups is 1. The molecule has 0 aromatic heterocycles. The number of hydrogen-bond acceptors (Lipinski definition) is 1. The first-order valence-corrected chi connectivity index (χ1v) is 9.83. The van der Waals surface area contributed by atoms with Crippen LogP contribution in [0.3, 0.4) is 0 Å². The van der Waals surface area contributed by atoms with E-state index in [4.69, 9.17) is 11.6 Å². The van der Waals surface area contributed by atoms with Crippen molar-refractivity contribution in [2.75, 3.05) is 25.0 Å². The number of quaternary nitrogens is 1. The number of nitrogens with one attached hydrogen (secondary N) is 2. The first kappa shape index (κ1) is 18.9. The highest BCUT2D eigenvalue weighted by atomic mass is 35.5. The molecule has 0 spiro atoms. The van der Waals surface area contributed by atoms with E-state index < -0.39 is 0 Å². The topological polar surface area (TPSA) is 33.5 Å². The number of likely N-dealkylation sites (tertiary alicyclic amines) is 1. The van der Waals surface area contributed by atoms with E-state index >= 15 is 0 Å². The number of piperidine rings is 1. The van der Waals surface area contributed by atoms with Gasteiger partial charge in [-0.1, -0.05) is 48.0 Å². The Bertz CT molecular complexity index is 729. The smallest absolute Gasteiger partial charge is 0.279 e. The van der Waals surface area contributed by atoms with Crippen molar-refractivity contribution in [1.29, 1.82) is 0 Å². The van der Waals surface area contributed by atoms with Gasteiger partial charge in [-0.2, -0.15) is 0 Å². The van der Waals surface area contributed by atoms with Crippen LogP contribution in [0.1, 0.15) is 29.5 Å². The minimum Gasteiger partial charge on any atom is -0.327 e. The summed E-state index contributed by atoms with van der Waals surface area (Å²) in [5.74, 6) is 0.786. The first-order chi connectivity index (χ1) is 12.5. The second-order valence-corrected chi connectivity index (χ2v) is 7.95. The number of halogens is 1. The van der Waals surface area contributed by atoms with Crippen molar-refractivity contribution in [2.45, 2.75) is 33.1 Å². The lowest BCUT2D eigenvalue weighted by atomic mass is 9.90. The SMILES string of the molecule is Cc1cc(C)c(NC(=O)C[NH+]2CCC(Cc3ccccc3)CC2)c(Cl)c1. The Balaban J connectivity index is 1.48. The molecule has 0 bridgehead atoms. The van der Waals surface area contributed by atoms with Crippen LogP contribution in [-0.2, 0) is 11.2 Å². The van der Waals surface area contributed by atoms with Crippen molar-refractivity contribution in [3.8, 4) is 0 Å². The minimum absolute atomic E-state index is 0.0513. The molecule has 4 heteroatoms. The maximum atomic E-state index is 12.5. The number of rotatable bonds is 5. The van der Waals surface area contributed by atoms with Crippen LogP contribution in [0.5, 0.6) is 0 Å². The van der Waals surface area contributed by atoms with E-state index in [1.54, 1.807) is 0 Å². The minimum atomic E-state index is 0.0513. The molecule has 2 aromatic rings. The van der Waals surface area contributed by atoms with Crippen LogP contribution in [0.2, 0.25) is 5.02 Å². The molecule has 1 amide bonds. The molecule has 0 radical (unpaired) electrons. The Labute approximate surface area is 161 Å². The third-order valence-corrected chi connectivity index (χ3v) is 5.58. The Hall–Kier alpha value is -1.84. The molecule has 3 rings (SSSR count). The summed E-state index contributed by atoms with van der Waals surface area (Å²) >= 11 is 6.30. The van der Waals surface area contributed by atoms with Crippen LogP contribution < -0.4 is 10.2 Å². The van der Waals surface area contributed by atoms with Crippen LogP contribution in [0.25, 0.3) is 0 Å². The van der Waals surface area contributed by atoms with Crippen molar-refractivity contribution in [1.82, 2.24) is 0 Å². The van der Waals surface area contributed by atoms with E-state index in [0.717, 1.165) is 42.2 Å². The van der Waals surface area contributed by atoms with E-state index in [9.17, 15) is 4.79 Å². The molecule has 0 aliphatic carbocycles. The van der Waals surface area contributed by atoms with Gasteiger partial charge in [0.25, 0.3) is 5.91 Å². The van der Waals surface area contributed by atoms with Crippen LogP contribution in [-0.4, -0.2) is 25.5 Å². The highest BCUT2D eigenvalue weighted by Crippen LogP contribution is 2.27. The summed E-state index contributed by atoms with van der Waals surface area (Å²) in [6, 6.07) is 14.6. The highest BCUT2D eigenvalue weighted by molar-refractivity contribution is 6.34. The average Bonchev–Trinajstić information content (AvgIpc) is 2.61. The Morgan fingerprint density at radius 2 is 1.85 bits per heavy atom. The fourth-order valence-electron chi connectivity index (χ4n) is 3.90. The molecular formula is C22H28ClN2O+. The molecule has 1 fully saturated rings. The number of amides is 1. The Kier molecular flexibility index (Phi) is 6.33. The molecule has 26 heavy (non-hydrogen) atoms. The average molecular weight is 372 g/mol. The Morgan fingerprint density at radius 1 is 1.15 bits per heavy atom. The molecule has 0 saturated carbocycles. The van der Waals surface area contributed by atoms with Crippen LogP contribution in [0.15, 0.2) is 42.5 Å². The zero-order chi connectivity index (χ0) is 18.5. The maximum Gasteiger partial charge on any atom is 0.279 e. The lowest BCUT2D eigenvalue weighted by Gasteiger charge is -2.29. The second kappa shape index (κ2) is 8.70. The zero-order valence-electron chi connectivity index (χ0n) is 15.6. The number of hydrogen-bond donors (Lipinski definition) is 2. The van der Waals surface area contributed by atoms with Crippen LogP contribution in [0.4, 0.5) is 5.69 Å². The standard InChI is InChI=1S/C22H27ClN2O/c1-16-12-17(2)22(20(23)13-16)24-21(26)15-25-10-8-19(9-11-25)14-18-6-4-3-5-7-18/h3-7,12-13,19H,8-11,14-15H2,1-2H3,(H,24,26)/p+1. The van der Waals surface area contributed by atoms with E-state index in [0.29, 0.717) is 11.6 Å². The molecular weight excluding hydrogens is 344 g/mol. The van der Waals surface area contributed by atoms with Gasteiger partial charge in [0.2, 0.25) is 0 Å². The number of carbonyl (C=O) groups excluding carboxylic acids is 1. The molecule has 1 saturated heterocycles. The van der Waals surface area contributed by atoms with E-state index in [-0.39, 0.29) is 5.91 Å². The lowest BCUT2D eigenvalue weighted by molar-refractivity contribution is -0.898.